The van der Waals surface area contributed by atoms with Gasteiger partial charge in [-0.2, -0.15) is 0 Å². The van der Waals surface area contributed by atoms with E-state index in [0.717, 1.165) is 23.3 Å². The van der Waals surface area contributed by atoms with Crippen molar-refractivity contribution >= 4 is 23.2 Å². The molecule has 0 radical (unpaired) electrons. The highest BCUT2D eigenvalue weighted by Gasteiger charge is 2.33. The Balaban J connectivity index is 1.52. The van der Waals surface area contributed by atoms with Crippen LogP contribution in [0.1, 0.15) is 32.4 Å². The minimum absolute atomic E-state index is 0.123. The largest absolute Gasteiger partial charge is 0.491 e. The minimum atomic E-state index is -0.495. The number of fused-ring (bicyclic) bond motifs is 1. The zero-order chi connectivity index (χ0) is 24.1. The number of benzene rings is 2. The molecule has 5 nitrogen and oxygen atoms in total. The van der Waals surface area contributed by atoms with Gasteiger partial charge in [-0.15, -0.1) is 17.9 Å². The smallest absolute Gasteiger partial charge is 0.254 e. The lowest BCUT2D eigenvalue weighted by Gasteiger charge is -2.37. The lowest BCUT2D eigenvalue weighted by atomic mass is 10.0. The maximum atomic E-state index is 13.7. The van der Waals surface area contributed by atoms with Gasteiger partial charge in [-0.3, -0.25) is 9.59 Å². The molecule has 2 aromatic carbocycles. The fourth-order valence-electron chi connectivity index (χ4n) is 4.12. The van der Waals surface area contributed by atoms with Gasteiger partial charge < -0.3 is 14.5 Å². The number of halogens is 1. The van der Waals surface area contributed by atoms with Crippen LogP contribution in [0.5, 0.6) is 5.75 Å². The monoisotopic (exact) mass is 478 g/mol. The number of ether oxygens (including phenoxy) is 1. The molecule has 1 atom stereocenters. The van der Waals surface area contributed by atoms with Gasteiger partial charge in [-0.25, -0.2) is 4.39 Å². The summed E-state index contributed by atoms with van der Waals surface area (Å²) < 4.78 is 19.7. The van der Waals surface area contributed by atoms with Crippen molar-refractivity contribution < 1.29 is 18.7 Å². The van der Waals surface area contributed by atoms with Gasteiger partial charge in [-0.1, -0.05) is 29.8 Å². The molecule has 1 aromatic heterocycles. The van der Waals surface area contributed by atoms with Gasteiger partial charge in [0.15, 0.2) is 0 Å². The first kappa shape index (κ1) is 23.7. The first-order valence-corrected chi connectivity index (χ1v) is 12.0. The first-order valence-electron chi connectivity index (χ1n) is 11.2. The molecule has 0 N–H and O–H groups in total. The van der Waals surface area contributed by atoms with E-state index in [1.165, 1.54) is 28.0 Å². The third-order valence-electron chi connectivity index (χ3n) is 5.88. The number of thiophene rings is 1. The van der Waals surface area contributed by atoms with Crippen molar-refractivity contribution in [2.75, 3.05) is 26.2 Å². The number of hydrogen-bond acceptors (Lipinski definition) is 4. The maximum Gasteiger partial charge on any atom is 0.254 e. The molecule has 2 amide bonds. The first-order chi connectivity index (χ1) is 16.5. The van der Waals surface area contributed by atoms with Crippen molar-refractivity contribution in [3.8, 4) is 5.75 Å². The second-order valence-electron chi connectivity index (χ2n) is 8.26. The molecule has 0 saturated heterocycles. The average molecular weight is 479 g/mol. The Morgan fingerprint density at radius 1 is 1.24 bits per heavy atom. The molecular weight excluding hydrogens is 451 g/mol. The summed E-state index contributed by atoms with van der Waals surface area (Å²) in [4.78, 5) is 30.9. The Kier molecular flexibility index (Phi) is 7.43. The Bertz CT molecular complexity index is 1170. The predicted octanol–water partition coefficient (Wildman–Crippen LogP) is 5.03. The van der Waals surface area contributed by atoms with Crippen LogP contribution >= 0.6 is 11.3 Å². The molecule has 34 heavy (non-hydrogen) atoms. The molecule has 7 heteroatoms. The zero-order valence-electron chi connectivity index (χ0n) is 19.1. The topological polar surface area (TPSA) is 49.9 Å². The van der Waals surface area contributed by atoms with E-state index in [-0.39, 0.29) is 30.6 Å². The molecule has 2 heterocycles. The van der Waals surface area contributed by atoms with Gasteiger partial charge >= 0.3 is 0 Å². The molecule has 0 bridgehead atoms. The van der Waals surface area contributed by atoms with Gasteiger partial charge in [0.2, 0.25) is 5.91 Å². The quantitative estimate of drug-likeness (QED) is 0.427. The summed E-state index contributed by atoms with van der Waals surface area (Å²) in [5.41, 5.74) is 2.43. The van der Waals surface area contributed by atoms with Crippen LogP contribution in [0.4, 0.5) is 4.39 Å². The fraction of sp³-hybridized carbons (Fsp3) is 0.259. The maximum absolute atomic E-state index is 13.7. The molecule has 0 aliphatic carbocycles. The van der Waals surface area contributed by atoms with E-state index in [4.69, 9.17) is 4.74 Å². The fourth-order valence-corrected chi connectivity index (χ4v) is 5.05. The lowest BCUT2D eigenvalue weighted by Crippen LogP contribution is -2.47. The highest BCUT2D eigenvalue weighted by atomic mass is 32.1. The SMILES string of the molecule is C=CCN(CC(=O)N1CCc2sccc2C1COc1ccc(C)cc1)C(=O)c1cccc(F)c1. The van der Waals surface area contributed by atoms with Crippen LogP contribution in [0.25, 0.3) is 0 Å². The molecule has 0 fully saturated rings. The van der Waals surface area contributed by atoms with E-state index < -0.39 is 11.7 Å². The van der Waals surface area contributed by atoms with Gasteiger partial charge in [0.25, 0.3) is 5.91 Å². The molecule has 0 spiro atoms. The summed E-state index contributed by atoms with van der Waals surface area (Å²) in [5.74, 6) is -0.339. The van der Waals surface area contributed by atoms with E-state index in [9.17, 15) is 14.0 Å². The highest BCUT2D eigenvalue weighted by Crippen LogP contribution is 2.34. The second kappa shape index (κ2) is 10.7. The average Bonchev–Trinajstić information content (AvgIpc) is 3.32. The Morgan fingerprint density at radius 3 is 2.76 bits per heavy atom. The van der Waals surface area contributed by atoms with Gasteiger partial charge in [0.1, 0.15) is 24.7 Å². The Labute approximate surface area is 203 Å². The summed E-state index contributed by atoms with van der Waals surface area (Å²) in [6.45, 7) is 6.65. The van der Waals surface area contributed by atoms with E-state index in [1.807, 2.05) is 42.6 Å². The Morgan fingerprint density at radius 2 is 2.03 bits per heavy atom. The molecule has 0 saturated carbocycles. The summed E-state index contributed by atoms with van der Waals surface area (Å²) >= 11 is 1.69. The number of hydrogen-bond donors (Lipinski definition) is 0. The van der Waals surface area contributed by atoms with E-state index in [2.05, 4.69) is 6.58 Å². The van der Waals surface area contributed by atoms with Crippen molar-refractivity contribution in [1.82, 2.24) is 9.80 Å². The third kappa shape index (κ3) is 5.37. The third-order valence-corrected chi connectivity index (χ3v) is 6.87. The minimum Gasteiger partial charge on any atom is -0.491 e. The van der Waals surface area contributed by atoms with Gasteiger partial charge in [-0.05, 0) is 60.7 Å². The van der Waals surface area contributed by atoms with Crippen LogP contribution in [-0.2, 0) is 11.2 Å². The molecule has 1 aliphatic rings. The van der Waals surface area contributed by atoms with E-state index in [0.29, 0.717) is 13.2 Å². The molecule has 4 rings (SSSR count). The van der Waals surface area contributed by atoms with Crippen LogP contribution in [0, 0.1) is 12.7 Å². The normalized spacial score (nSPS) is 14.9. The number of carbonyl (C=O) groups excluding carboxylic acids is 2. The highest BCUT2D eigenvalue weighted by molar-refractivity contribution is 7.10. The van der Waals surface area contributed by atoms with Crippen LogP contribution in [0.15, 0.2) is 72.6 Å². The van der Waals surface area contributed by atoms with Crippen molar-refractivity contribution in [2.24, 2.45) is 0 Å². The zero-order valence-corrected chi connectivity index (χ0v) is 19.9. The van der Waals surface area contributed by atoms with E-state index >= 15 is 0 Å². The standard InChI is InChI=1S/C27H27FN2O3S/c1-3-13-29(27(32)20-5-4-6-21(28)16-20)17-26(31)30-14-11-25-23(12-15-34-25)24(30)18-33-22-9-7-19(2)8-10-22/h3-10,12,15-16,24H,1,11,13-14,17-18H2,2H3. The summed E-state index contributed by atoms with van der Waals surface area (Å²) in [6.07, 6.45) is 2.33. The molecular formula is C27H27FN2O3S. The van der Waals surface area contributed by atoms with Crippen molar-refractivity contribution in [3.05, 3.63) is 100 Å². The molecule has 176 valence electrons. The van der Waals surface area contributed by atoms with Crippen LogP contribution < -0.4 is 4.74 Å². The van der Waals surface area contributed by atoms with Crippen LogP contribution in [-0.4, -0.2) is 47.9 Å². The van der Waals surface area contributed by atoms with Crippen LogP contribution in [0.2, 0.25) is 0 Å². The van der Waals surface area contributed by atoms with E-state index in [1.54, 1.807) is 28.4 Å². The van der Waals surface area contributed by atoms with Gasteiger partial charge in [0, 0.05) is 23.5 Å². The Hall–Kier alpha value is -3.45. The van der Waals surface area contributed by atoms with Crippen molar-refractivity contribution in [2.45, 2.75) is 19.4 Å². The van der Waals surface area contributed by atoms with Crippen molar-refractivity contribution in [1.29, 1.82) is 0 Å². The summed E-state index contributed by atoms with van der Waals surface area (Å²) in [7, 11) is 0. The number of aryl methyl sites for hydroxylation is 1. The van der Waals surface area contributed by atoms with Gasteiger partial charge in [0.05, 0.1) is 6.04 Å². The molecule has 1 unspecified atom stereocenters. The summed E-state index contributed by atoms with van der Waals surface area (Å²) in [5, 5.41) is 2.04. The van der Waals surface area contributed by atoms with Crippen LogP contribution in [0.3, 0.4) is 0 Å². The lowest BCUT2D eigenvalue weighted by molar-refractivity contribution is -0.135. The number of rotatable bonds is 8. The molecule has 3 aromatic rings. The number of nitrogens with zero attached hydrogens (tertiary/aromatic N) is 2. The van der Waals surface area contributed by atoms with Crippen molar-refractivity contribution in [3.63, 3.8) is 0 Å². The predicted molar refractivity (Wildman–Crippen MR) is 132 cm³/mol. The number of amides is 2. The summed E-state index contributed by atoms with van der Waals surface area (Å²) in [6, 6.07) is 15.1. The second-order valence-corrected chi connectivity index (χ2v) is 9.26. The number of carbonyl (C=O) groups is 2. The molecule has 1 aliphatic heterocycles.